The van der Waals surface area contributed by atoms with Crippen LogP contribution < -0.4 is 10.1 Å². The number of fused-ring (bicyclic) bond motifs is 1. The van der Waals surface area contributed by atoms with Gasteiger partial charge in [0.15, 0.2) is 23.8 Å². The lowest BCUT2D eigenvalue weighted by atomic mass is 10.0. The zero-order chi connectivity index (χ0) is 17.1. The Morgan fingerprint density at radius 1 is 1.16 bits per heavy atom. The maximum atomic E-state index is 14.6. The summed E-state index contributed by atoms with van der Waals surface area (Å²) >= 11 is 1.44. The van der Waals surface area contributed by atoms with Crippen molar-refractivity contribution >= 4 is 33.8 Å². The molecular weight excluding hydrogens is 371 g/mol. The predicted molar refractivity (Wildman–Crippen MR) is 97.6 cm³/mol. The summed E-state index contributed by atoms with van der Waals surface area (Å²) in [5.41, 5.74) is 0.324. The molecule has 0 amide bonds. The van der Waals surface area contributed by atoms with Crippen molar-refractivity contribution < 1.29 is 17.9 Å². The summed E-state index contributed by atoms with van der Waals surface area (Å²) in [7, 11) is 1.61. The number of alkyl halides is 1. The van der Waals surface area contributed by atoms with Gasteiger partial charge in [0.05, 0.1) is 0 Å². The number of hydrogen-bond acceptors (Lipinski definition) is 3. The van der Waals surface area contributed by atoms with Crippen molar-refractivity contribution in [3.8, 4) is 5.75 Å². The first-order chi connectivity index (χ1) is 11.6. The van der Waals surface area contributed by atoms with Crippen LogP contribution in [0, 0.1) is 11.6 Å². The fraction of sp³-hybridized carbons (Fsp3) is 0.222. The number of ether oxygens (including phenoxy) is 1. The third-order valence-corrected chi connectivity index (χ3v) is 4.57. The Morgan fingerprint density at radius 3 is 2.68 bits per heavy atom. The van der Waals surface area contributed by atoms with E-state index in [-0.39, 0.29) is 24.7 Å². The minimum Gasteiger partial charge on any atom is -0.479 e. The van der Waals surface area contributed by atoms with Gasteiger partial charge in [-0.2, -0.15) is 0 Å². The average Bonchev–Trinajstić information content (AvgIpc) is 3.03. The van der Waals surface area contributed by atoms with Crippen molar-refractivity contribution in [1.29, 1.82) is 0 Å². The molecule has 0 aliphatic rings. The average molecular weight is 388 g/mol. The van der Waals surface area contributed by atoms with E-state index in [1.165, 1.54) is 35.6 Å². The van der Waals surface area contributed by atoms with Gasteiger partial charge in [-0.25, -0.2) is 13.2 Å². The highest BCUT2D eigenvalue weighted by atomic mass is 35.5. The minimum absolute atomic E-state index is 0. The zero-order valence-electron chi connectivity index (χ0n) is 13.3. The van der Waals surface area contributed by atoms with Crippen molar-refractivity contribution in [2.45, 2.75) is 12.3 Å². The molecule has 2 unspecified atom stereocenters. The van der Waals surface area contributed by atoms with Gasteiger partial charge in [-0.3, -0.25) is 0 Å². The first-order valence-corrected chi connectivity index (χ1v) is 8.34. The molecule has 0 saturated carbocycles. The Bertz CT molecular complexity index is 842. The van der Waals surface area contributed by atoms with E-state index in [1.807, 2.05) is 5.38 Å². The molecule has 3 aromatic rings. The third kappa shape index (κ3) is 4.26. The standard InChI is InChI=1S/C18H16F3NOS.ClH/c1-22-10-15(21)17(11-3-2-4-12(19)9-11)23-18-13-7-8-24-16(13)6-5-14(18)20;/h2-9,15,17,22H,10H2,1H3;1H. The lowest BCUT2D eigenvalue weighted by Crippen LogP contribution is -2.29. The van der Waals surface area contributed by atoms with Gasteiger partial charge in [-0.1, -0.05) is 12.1 Å². The van der Waals surface area contributed by atoms with Gasteiger partial charge >= 0.3 is 0 Å². The van der Waals surface area contributed by atoms with Gasteiger partial charge in [0, 0.05) is 16.6 Å². The largest absolute Gasteiger partial charge is 0.479 e. The van der Waals surface area contributed by atoms with Crippen LogP contribution in [0.1, 0.15) is 11.7 Å². The summed E-state index contributed by atoms with van der Waals surface area (Å²) in [4.78, 5) is 0. The summed E-state index contributed by atoms with van der Waals surface area (Å²) in [6.45, 7) is 0.00239. The smallest absolute Gasteiger partial charge is 0.165 e. The van der Waals surface area contributed by atoms with Gasteiger partial charge in [0.25, 0.3) is 0 Å². The van der Waals surface area contributed by atoms with E-state index >= 15 is 0 Å². The number of benzene rings is 2. The van der Waals surface area contributed by atoms with Crippen LogP contribution >= 0.6 is 23.7 Å². The number of nitrogens with one attached hydrogen (secondary N) is 1. The topological polar surface area (TPSA) is 21.3 Å². The van der Waals surface area contributed by atoms with Crippen LogP contribution in [-0.2, 0) is 0 Å². The molecule has 0 aliphatic heterocycles. The van der Waals surface area contributed by atoms with Crippen LogP contribution in [0.25, 0.3) is 10.1 Å². The third-order valence-electron chi connectivity index (χ3n) is 3.69. The maximum absolute atomic E-state index is 14.6. The molecule has 0 spiro atoms. The van der Waals surface area contributed by atoms with E-state index < -0.39 is 23.9 Å². The van der Waals surface area contributed by atoms with E-state index in [0.717, 1.165) is 4.70 Å². The highest BCUT2D eigenvalue weighted by Crippen LogP contribution is 2.36. The second-order valence-corrected chi connectivity index (χ2v) is 6.32. The first kappa shape index (κ1) is 19.6. The molecule has 0 radical (unpaired) electrons. The van der Waals surface area contributed by atoms with Crippen LogP contribution in [0.5, 0.6) is 5.75 Å². The summed E-state index contributed by atoms with van der Waals surface area (Å²) in [6.07, 6.45) is -2.58. The molecule has 0 fully saturated rings. The normalized spacial score (nSPS) is 13.3. The zero-order valence-corrected chi connectivity index (χ0v) is 15.0. The van der Waals surface area contributed by atoms with Crippen molar-refractivity contribution in [1.82, 2.24) is 5.32 Å². The molecule has 0 aliphatic carbocycles. The first-order valence-electron chi connectivity index (χ1n) is 7.46. The molecule has 7 heteroatoms. The lowest BCUT2D eigenvalue weighted by molar-refractivity contribution is 0.0974. The molecule has 0 bridgehead atoms. The molecule has 25 heavy (non-hydrogen) atoms. The van der Waals surface area contributed by atoms with Crippen LogP contribution in [-0.4, -0.2) is 19.8 Å². The molecule has 3 rings (SSSR count). The van der Waals surface area contributed by atoms with Gasteiger partial charge in [0.1, 0.15) is 5.82 Å². The molecule has 1 N–H and O–H groups in total. The molecule has 2 nitrogen and oxygen atoms in total. The number of thiophene rings is 1. The number of hydrogen-bond donors (Lipinski definition) is 1. The fourth-order valence-corrected chi connectivity index (χ4v) is 3.36. The van der Waals surface area contributed by atoms with Crippen LogP contribution in [0.15, 0.2) is 47.8 Å². The summed E-state index contributed by atoms with van der Waals surface area (Å²) < 4.78 is 49.0. The van der Waals surface area contributed by atoms with Crippen LogP contribution in [0.3, 0.4) is 0 Å². The maximum Gasteiger partial charge on any atom is 0.165 e. The summed E-state index contributed by atoms with van der Waals surface area (Å²) in [5, 5.41) is 5.12. The fourth-order valence-electron chi connectivity index (χ4n) is 2.57. The SMILES string of the molecule is CNCC(F)C(Oc1c(F)ccc2sccc12)c1cccc(F)c1.Cl. The molecule has 1 aromatic heterocycles. The Morgan fingerprint density at radius 2 is 1.96 bits per heavy atom. The molecular formula is C18H17ClF3NOS. The number of halogens is 4. The van der Waals surface area contributed by atoms with Gasteiger partial charge in [0.2, 0.25) is 0 Å². The summed E-state index contributed by atoms with van der Waals surface area (Å²) in [6, 6.07) is 10.2. The van der Waals surface area contributed by atoms with E-state index in [0.29, 0.717) is 10.9 Å². The highest BCUT2D eigenvalue weighted by molar-refractivity contribution is 7.17. The molecule has 1 heterocycles. The lowest BCUT2D eigenvalue weighted by Gasteiger charge is -2.24. The van der Waals surface area contributed by atoms with Gasteiger partial charge in [-0.15, -0.1) is 23.7 Å². The highest BCUT2D eigenvalue weighted by Gasteiger charge is 2.27. The van der Waals surface area contributed by atoms with Crippen molar-refractivity contribution in [2.75, 3.05) is 13.6 Å². The minimum atomic E-state index is -1.47. The van der Waals surface area contributed by atoms with E-state index in [2.05, 4.69) is 5.32 Å². The van der Waals surface area contributed by atoms with Crippen molar-refractivity contribution in [3.05, 3.63) is 65.0 Å². The van der Waals surface area contributed by atoms with E-state index in [4.69, 9.17) is 4.74 Å². The molecule has 0 saturated heterocycles. The Labute approximate surface area is 154 Å². The van der Waals surface area contributed by atoms with Gasteiger partial charge in [-0.05, 0) is 48.3 Å². The second kappa shape index (κ2) is 8.56. The molecule has 2 aromatic carbocycles. The molecule has 2 atom stereocenters. The summed E-state index contributed by atoms with van der Waals surface area (Å²) in [5.74, 6) is -1.08. The van der Waals surface area contributed by atoms with E-state index in [1.54, 1.807) is 25.2 Å². The van der Waals surface area contributed by atoms with E-state index in [9.17, 15) is 13.2 Å². The quantitative estimate of drug-likeness (QED) is 0.621. The Balaban J connectivity index is 0.00000225. The Kier molecular flexibility index (Phi) is 6.70. The van der Waals surface area contributed by atoms with Crippen LogP contribution in [0.2, 0.25) is 0 Å². The second-order valence-electron chi connectivity index (χ2n) is 5.38. The Hall–Kier alpha value is -1.76. The monoisotopic (exact) mass is 387 g/mol. The van der Waals surface area contributed by atoms with Crippen LogP contribution in [0.4, 0.5) is 13.2 Å². The number of rotatable bonds is 6. The van der Waals surface area contributed by atoms with Crippen molar-refractivity contribution in [3.63, 3.8) is 0 Å². The molecule has 134 valence electrons. The predicted octanol–water partition coefficient (Wildman–Crippen LogP) is 5.28. The van der Waals surface area contributed by atoms with Crippen molar-refractivity contribution in [2.24, 2.45) is 0 Å². The van der Waals surface area contributed by atoms with Gasteiger partial charge < -0.3 is 10.1 Å².